The van der Waals surface area contributed by atoms with E-state index in [1.54, 1.807) is 30.5 Å². The number of fused-ring (bicyclic) bond motifs is 1. The lowest BCUT2D eigenvalue weighted by Gasteiger charge is -2.16. The average molecular weight is 703 g/mol. The van der Waals surface area contributed by atoms with Gasteiger partial charge in [0.15, 0.2) is 11.5 Å². The molecule has 0 N–H and O–H groups in total. The Hall–Kier alpha value is -2.10. The van der Waals surface area contributed by atoms with E-state index in [4.69, 9.17) is 44.3 Å². The Morgan fingerprint density at radius 1 is 1.05 bits per heavy atom. The lowest BCUT2D eigenvalue weighted by atomic mass is 10.2. The van der Waals surface area contributed by atoms with Crippen molar-refractivity contribution in [3.8, 4) is 11.5 Å². The highest BCUT2D eigenvalue weighted by atomic mass is 79.9. The second kappa shape index (κ2) is 12.4. The molecule has 0 aliphatic rings. The molecule has 0 radical (unpaired) electrons. The second-order valence-corrected chi connectivity index (χ2v) is 11.4. The first-order chi connectivity index (χ1) is 18.1. The maximum Gasteiger partial charge on any atom is 0.282 e. The highest BCUT2D eigenvalue weighted by Gasteiger charge is 2.19. The lowest BCUT2D eigenvalue weighted by Crippen LogP contribution is -2.23. The van der Waals surface area contributed by atoms with Crippen LogP contribution in [-0.4, -0.2) is 22.5 Å². The molecular formula is C27H22Br2Cl3N3O3. The summed E-state index contributed by atoms with van der Waals surface area (Å²) in [6.07, 6.45) is 1.54. The number of halogens is 5. The molecule has 0 fully saturated rings. The Morgan fingerprint density at radius 3 is 2.50 bits per heavy atom. The van der Waals surface area contributed by atoms with Crippen molar-refractivity contribution < 1.29 is 9.47 Å². The Labute approximate surface area is 251 Å². The van der Waals surface area contributed by atoms with E-state index in [0.717, 1.165) is 10.0 Å². The summed E-state index contributed by atoms with van der Waals surface area (Å²) in [7, 11) is 0. The minimum Gasteiger partial charge on any atom is -0.490 e. The first-order valence-corrected chi connectivity index (χ1v) is 14.3. The zero-order valence-corrected chi connectivity index (χ0v) is 26.0. The Kier molecular flexibility index (Phi) is 9.42. The van der Waals surface area contributed by atoms with Crippen LogP contribution in [0.2, 0.25) is 15.1 Å². The predicted molar refractivity (Wildman–Crippen MR) is 162 cm³/mol. The van der Waals surface area contributed by atoms with Crippen LogP contribution in [0.5, 0.6) is 11.5 Å². The Morgan fingerprint density at radius 2 is 1.82 bits per heavy atom. The van der Waals surface area contributed by atoms with E-state index < -0.39 is 0 Å². The van der Waals surface area contributed by atoms with Crippen molar-refractivity contribution in [2.75, 3.05) is 6.61 Å². The topological polar surface area (TPSA) is 65.7 Å². The van der Waals surface area contributed by atoms with Gasteiger partial charge in [-0.15, -0.1) is 0 Å². The van der Waals surface area contributed by atoms with Gasteiger partial charge in [-0.1, -0.05) is 70.6 Å². The van der Waals surface area contributed by atoms with Crippen LogP contribution < -0.4 is 15.0 Å². The van der Waals surface area contributed by atoms with E-state index in [0.29, 0.717) is 59.9 Å². The summed E-state index contributed by atoms with van der Waals surface area (Å²) in [4.78, 5) is 18.0. The smallest absolute Gasteiger partial charge is 0.282 e. The molecule has 4 rings (SSSR count). The highest BCUT2D eigenvalue weighted by Crippen LogP contribution is 2.43. The van der Waals surface area contributed by atoms with Gasteiger partial charge in [-0.25, -0.2) is 4.98 Å². The van der Waals surface area contributed by atoms with Gasteiger partial charge >= 0.3 is 0 Å². The number of hydrogen-bond acceptors (Lipinski definition) is 5. The molecule has 6 nitrogen and oxygen atoms in total. The molecule has 38 heavy (non-hydrogen) atoms. The van der Waals surface area contributed by atoms with Crippen LogP contribution in [0, 0.1) is 0 Å². The van der Waals surface area contributed by atoms with Gasteiger partial charge in [-0.2, -0.15) is 9.78 Å². The molecule has 1 heterocycles. The molecule has 11 heteroatoms. The maximum absolute atomic E-state index is 13.4. The molecule has 0 aliphatic carbocycles. The van der Waals surface area contributed by atoms with Crippen molar-refractivity contribution in [2.24, 2.45) is 5.10 Å². The first-order valence-electron chi connectivity index (χ1n) is 11.6. The summed E-state index contributed by atoms with van der Waals surface area (Å²) in [5.41, 5.74) is 1.75. The monoisotopic (exact) mass is 699 g/mol. The van der Waals surface area contributed by atoms with E-state index >= 15 is 0 Å². The maximum atomic E-state index is 13.4. The summed E-state index contributed by atoms with van der Waals surface area (Å²) in [5, 5.41) is 6.16. The zero-order valence-electron chi connectivity index (χ0n) is 20.6. The van der Waals surface area contributed by atoms with Crippen LogP contribution in [-0.2, 0) is 6.61 Å². The summed E-state index contributed by atoms with van der Waals surface area (Å²) >= 11 is 25.8. The van der Waals surface area contributed by atoms with E-state index in [1.807, 2.05) is 39.0 Å². The molecule has 198 valence electrons. The molecule has 1 aromatic heterocycles. The van der Waals surface area contributed by atoms with Crippen molar-refractivity contribution in [3.63, 3.8) is 0 Å². The third kappa shape index (κ3) is 6.20. The molecule has 0 bridgehead atoms. The zero-order chi connectivity index (χ0) is 27.6. The minimum absolute atomic E-state index is 0.0453. The first kappa shape index (κ1) is 28.9. The molecule has 0 atom stereocenters. The van der Waals surface area contributed by atoms with Gasteiger partial charge in [0.2, 0.25) is 0 Å². The molecule has 0 spiro atoms. The number of rotatable bonds is 8. The molecule has 0 aliphatic heterocycles. The summed E-state index contributed by atoms with van der Waals surface area (Å²) in [5.74, 6) is 1.28. The number of hydrogen-bond donors (Lipinski definition) is 0. The van der Waals surface area contributed by atoms with Crippen LogP contribution >= 0.6 is 66.7 Å². The van der Waals surface area contributed by atoms with Crippen LogP contribution in [0.3, 0.4) is 0 Å². The van der Waals surface area contributed by atoms with Crippen LogP contribution in [0.4, 0.5) is 0 Å². The molecule has 3 aromatic carbocycles. The number of ether oxygens (including phenoxy) is 2. The molecular weight excluding hydrogens is 680 g/mol. The molecule has 0 unspecified atom stereocenters. The van der Waals surface area contributed by atoms with Gasteiger partial charge in [0.25, 0.3) is 5.56 Å². The van der Waals surface area contributed by atoms with E-state index in [-0.39, 0.29) is 18.1 Å². The third-order valence-corrected chi connectivity index (χ3v) is 8.16. The van der Waals surface area contributed by atoms with Crippen LogP contribution in [0.25, 0.3) is 10.9 Å². The van der Waals surface area contributed by atoms with E-state index in [9.17, 15) is 4.79 Å². The quantitative estimate of drug-likeness (QED) is 0.172. The molecule has 4 aromatic rings. The third-order valence-electron chi connectivity index (χ3n) is 5.48. The van der Waals surface area contributed by atoms with E-state index in [2.05, 4.69) is 41.9 Å². The molecule has 0 saturated heterocycles. The van der Waals surface area contributed by atoms with Crippen molar-refractivity contribution in [3.05, 3.63) is 93.8 Å². The number of aromatic nitrogens is 2. The van der Waals surface area contributed by atoms with Crippen LogP contribution in [0.15, 0.2) is 61.3 Å². The Balaban J connectivity index is 1.74. The molecule has 0 saturated carbocycles. The van der Waals surface area contributed by atoms with Gasteiger partial charge < -0.3 is 9.47 Å². The minimum atomic E-state index is -0.273. The van der Waals surface area contributed by atoms with Crippen LogP contribution in [0.1, 0.15) is 43.6 Å². The highest BCUT2D eigenvalue weighted by molar-refractivity contribution is 9.10. The molecule has 0 amide bonds. The van der Waals surface area contributed by atoms with Crippen molar-refractivity contribution >= 4 is 83.8 Å². The summed E-state index contributed by atoms with van der Waals surface area (Å²) in [6, 6.07) is 12.4. The fourth-order valence-electron chi connectivity index (χ4n) is 3.65. The lowest BCUT2D eigenvalue weighted by molar-refractivity contribution is 0.269. The predicted octanol–water partition coefficient (Wildman–Crippen LogP) is 8.86. The standard InChI is InChI=1S/C27H22Br2Cl3N3O3/c1-4-37-22-10-16(23(29)24(32)25(22)38-13-15-5-7-19(30)20(31)9-15)12-33-35-26(14(2)3)34-21-8-6-17(28)11-18(21)27(35)36/h5-12,14H,4,13H2,1-3H3. The summed E-state index contributed by atoms with van der Waals surface area (Å²) in [6.45, 7) is 6.36. The second-order valence-electron chi connectivity index (χ2n) is 8.54. The van der Waals surface area contributed by atoms with Gasteiger partial charge in [-0.05, 0) is 64.8 Å². The van der Waals surface area contributed by atoms with Gasteiger partial charge in [-0.3, -0.25) is 4.79 Å². The van der Waals surface area contributed by atoms with Crippen molar-refractivity contribution in [2.45, 2.75) is 33.3 Å². The Bertz CT molecular complexity index is 1610. The van der Waals surface area contributed by atoms with Gasteiger partial charge in [0, 0.05) is 20.4 Å². The summed E-state index contributed by atoms with van der Waals surface area (Å²) < 4.78 is 14.5. The van der Waals surface area contributed by atoms with Crippen molar-refractivity contribution in [1.82, 2.24) is 9.66 Å². The largest absolute Gasteiger partial charge is 0.490 e. The van der Waals surface area contributed by atoms with Crippen molar-refractivity contribution in [1.29, 1.82) is 0 Å². The van der Waals surface area contributed by atoms with E-state index in [1.165, 1.54) is 4.68 Å². The van der Waals surface area contributed by atoms with Gasteiger partial charge in [0.1, 0.15) is 17.5 Å². The SMILES string of the molecule is CCOc1cc(C=Nn2c(C(C)C)nc3ccc(Br)cc3c2=O)c(Br)c(Cl)c1OCc1ccc(Cl)c(Cl)c1. The average Bonchev–Trinajstić information content (AvgIpc) is 2.88. The fraction of sp³-hybridized carbons (Fsp3) is 0.222. The van der Waals surface area contributed by atoms with Gasteiger partial charge in [0.05, 0.1) is 33.8 Å². The fourth-order valence-corrected chi connectivity index (χ4v) is 4.99. The number of nitrogens with zero attached hydrogens (tertiary/aromatic N) is 3. The normalized spacial score (nSPS) is 11.6. The number of benzene rings is 3.